The van der Waals surface area contributed by atoms with E-state index in [1.165, 1.54) is 44.1 Å². The van der Waals surface area contributed by atoms with Crippen molar-refractivity contribution in [3.63, 3.8) is 0 Å². The van der Waals surface area contributed by atoms with Crippen molar-refractivity contribution >= 4 is 0 Å². The predicted molar refractivity (Wildman–Crippen MR) is 114 cm³/mol. The number of ether oxygens (including phenoxy) is 1. The molecule has 4 atom stereocenters. The molecule has 2 bridgehead atoms. The van der Waals surface area contributed by atoms with Crippen molar-refractivity contribution in [2.24, 2.45) is 22.7 Å². The van der Waals surface area contributed by atoms with Gasteiger partial charge in [-0.15, -0.1) is 0 Å². The predicted octanol–water partition coefficient (Wildman–Crippen LogP) is 4.53. The average Bonchev–Trinajstić information content (AvgIpc) is 3.15. The fraction of sp³-hybridized carbons (Fsp3) is 0.760. The molecule has 3 fully saturated rings. The van der Waals surface area contributed by atoms with Crippen molar-refractivity contribution in [3.05, 3.63) is 35.9 Å². The lowest BCUT2D eigenvalue weighted by atomic mass is 9.70. The van der Waals surface area contributed by atoms with Crippen molar-refractivity contribution in [1.29, 1.82) is 0 Å². The van der Waals surface area contributed by atoms with Crippen molar-refractivity contribution in [2.75, 3.05) is 26.2 Å². The van der Waals surface area contributed by atoms with E-state index in [9.17, 15) is 5.11 Å². The third kappa shape index (κ3) is 4.17. The zero-order valence-electron chi connectivity index (χ0n) is 18.1. The number of hydrogen-bond donors (Lipinski definition) is 1. The Hall–Kier alpha value is -0.900. The molecule has 4 unspecified atom stereocenters. The summed E-state index contributed by atoms with van der Waals surface area (Å²) in [5, 5.41) is 10.6. The maximum absolute atomic E-state index is 10.6. The van der Waals surface area contributed by atoms with E-state index in [0.29, 0.717) is 18.1 Å². The van der Waals surface area contributed by atoms with Gasteiger partial charge >= 0.3 is 0 Å². The molecule has 1 aromatic rings. The molecule has 0 radical (unpaired) electrons. The Bertz CT molecular complexity index is 632. The minimum absolute atomic E-state index is 0.252. The number of benzene rings is 1. The fourth-order valence-corrected chi connectivity index (χ4v) is 6.55. The standard InChI is InChI=1S/C25H39NO2/c1-24(2)21-9-12-25(3,16-21)23(24)28-18-22(27)17-26-13-10-20(11-14-26)15-19-7-5-4-6-8-19/h4-8,20-23,27H,9-18H2,1-3H3. The van der Waals surface area contributed by atoms with E-state index in [2.05, 4.69) is 56.0 Å². The molecule has 4 rings (SSSR count). The molecule has 1 heterocycles. The van der Waals surface area contributed by atoms with Crippen LogP contribution in [0.2, 0.25) is 0 Å². The molecule has 1 N–H and O–H groups in total. The summed E-state index contributed by atoms with van der Waals surface area (Å²) in [5.41, 5.74) is 2.03. The maximum atomic E-state index is 10.6. The molecule has 2 aliphatic carbocycles. The Morgan fingerprint density at radius 2 is 1.82 bits per heavy atom. The summed E-state index contributed by atoms with van der Waals surface area (Å²) in [6.07, 6.45) is 7.53. The molecule has 0 spiro atoms. The minimum atomic E-state index is -0.371. The average molecular weight is 386 g/mol. The molecule has 1 aliphatic heterocycles. The van der Waals surface area contributed by atoms with E-state index in [4.69, 9.17) is 4.74 Å². The summed E-state index contributed by atoms with van der Waals surface area (Å²) in [6, 6.07) is 10.8. The van der Waals surface area contributed by atoms with E-state index in [0.717, 1.165) is 31.5 Å². The summed E-state index contributed by atoms with van der Waals surface area (Å²) in [6.45, 7) is 10.6. The molecule has 0 aromatic heterocycles. The Kier molecular flexibility index (Phi) is 5.88. The van der Waals surface area contributed by atoms with Crippen molar-refractivity contribution in [1.82, 2.24) is 4.90 Å². The second-order valence-corrected chi connectivity index (χ2v) is 10.7. The molecule has 1 aromatic carbocycles. The smallest absolute Gasteiger partial charge is 0.0900 e. The molecular weight excluding hydrogens is 346 g/mol. The highest BCUT2D eigenvalue weighted by molar-refractivity contribution is 5.15. The number of aliphatic hydroxyl groups excluding tert-OH is 1. The summed E-state index contributed by atoms with van der Waals surface area (Å²) < 4.78 is 6.38. The van der Waals surface area contributed by atoms with E-state index in [1.807, 2.05) is 0 Å². The maximum Gasteiger partial charge on any atom is 0.0900 e. The first-order valence-electron chi connectivity index (χ1n) is 11.4. The molecule has 2 saturated carbocycles. The first-order valence-corrected chi connectivity index (χ1v) is 11.4. The number of likely N-dealkylation sites (tertiary alicyclic amines) is 1. The van der Waals surface area contributed by atoms with Gasteiger partial charge in [-0.3, -0.25) is 0 Å². The lowest BCUT2D eigenvalue weighted by Gasteiger charge is -2.43. The fourth-order valence-electron chi connectivity index (χ4n) is 6.55. The van der Waals surface area contributed by atoms with Crippen LogP contribution in [-0.4, -0.2) is 48.5 Å². The number of nitrogens with zero attached hydrogens (tertiary/aromatic N) is 1. The first kappa shape index (κ1) is 20.4. The molecule has 28 heavy (non-hydrogen) atoms. The molecule has 3 aliphatic rings. The normalized spacial score (nSPS) is 34.0. The van der Waals surface area contributed by atoms with Gasteiger partial charge in [-0.25, -0.2) is 0 Å². The summed E-state index contributed by atoms with van der Waals surface area (Å²) >= 11 is 0. The lowest BCUT2D eigenvalue weighted by Crippen LogP contribution is -2.45. The van der Waals surface area contributed by atoms with Crippen molar-refractivity contribution in [3.8, 4) is 0 Å². The molecule has 156 valence electrons. The number of hydrogen-bond acceptors (Lipinski definition) is 3. The third-order valence-electron chi connectivity index (χ3n) is 8.14. The second kappa shape index (κ2) is 8.08. The van der Waals surface area contributed by atoms with Gasteiger partial charge in [0.2, 0.25) is 0 Å². The zero-order valence-corrected chi connectivity index (χ0v) is 18.1. The van der Waals surface area contributed by atoms with Crippen LogP contribution in [-0.2, 0) is 11.2 Å². The monoisotopic (exact) mass is 385 g/mol. The Balaban J connectivity index is 1.20. The number of fused-ring (bicyclic) bond motifs is 2. The van der Waals surface area contributed by atoms with Crippen LogP contribution < -0.4 is 0 Å². The van der Waals surface area contributed by atoms with E-state index >= 15 is 0 Å². The van der Waals surface area contributed by atoms with Gasteiger partial charge < -0.3 is 14.7 Å². The van der Waals surface area contributed by atoms with Crippen LogP contribution in [0.4, 0.5) is 0 Å². The third-order valence-corrected chi connectivity index (χ3v) is 8.14. The Morgan fingerprint density at radius 3 is 2.46 bits per heavy atom. The lowest BCUT2D eigenvalue weighted by molar-refractivity contribution is -0.114. The van der Waals surface area contributed by atoms with Crippen molar-refractivity contribution in [2.45, 2.75) is 71.5 Å². The van der Waals surface area contributed by atoms with Gasteiger partial charge in [-0.1, -0.05) is 51.1 Å². The molecule has 0 amide bonds. The minimum Gasteiger partial charge on any atom is -0.389 e. The van der Waals surface area contributed by atoms with Gasteiger partial charge in [-0.2, -0.15) is 0 Å². The molecule has 3 nitrogen and oxygen atoms in total. The van der Waals surface area contributed by atoms with Gasteiger partial charge in [0, 0.05) is 6.54 Å². The molecule has 3 heteroatoms. The van der Waals surface area contributed by atoms with Crippen LogP contribution >= 0.6 is 0 Å². The van der Waals surface area contributed by atoms with E-state index < -0.39 is 0 Å². The molecular formula is C25H39NO2. The zero-order chi connectivity index (χ0) is 19.8. The highest BCUT2D eigenvalue weighted by atomic mass is 16.5. The highest BCUT2D eigenvalue weighted by Crippen LogP contribution is 2.63. The summed E-state index contributed by atoms with van der Waals surface area (Å²) in [7, 11) is 0. The van der Waals surface area contributed by atoms with Crippen LogP contribution in [0, 0.1) is 22.7 Å². The number of rotatable bonds is 7. The number of piperidine rings is 1. The van der Waals surface area contributed by atoms with E-state index in [1.54, 1.807) is 0 Å². The number of β-amino-alcohol motifs (C(OH)–C–C–N with tert-alkyl or cyclic N) is 1. The quantitative estimate of drug-likeness (QED) is 0.748. The summed E-state index contributed by atoms with van der Waals surface area (Å²) in [4.78, 5) is 2.43. The Morgan fingerprint density at radius 1 is 1.11 bits per heavy atom. The molecule has 1 saturated heterocycles. The largest absolute Gasteiger partial charge is 0.389 e. The SMILES string of the molecule is CC12CCC(C1)C(C)(C)C2OCC(O)CN1CCC(Cc2ccccc2)CC1. The van der Waals surface area contributed by atoms with Gasteiger partial charge in [-0.05, 0) is 79.8 Å². The first-order chi connectivity index (χ1) is 13.4. The van der Waals surface area contributed by atoms with Crippen molar-refractivity contribution < 1.29 is 9.84 Å². The van der Waals surface area contributed by atoms with Gasteiger partial charge in [0.15, 0.2) is 0 Å². The van der Waals surface area contributed by atoms with Crippen LogP contribution in [0.5, 0.6) is 0 Å². The van der Waals surface area contributed by atoms with Gasteiger partial charge in [0.25, 0.3) is 0 Å². The number of aliphatic hydroxyl groups is 1. The summed E-state index contributed by atoms with van der Waals surface area (Å²) in [5.74, 6) is 1.57. The van der Waals surface area contributed by atoms with Crippen LogP contribution in [0.1, 0.15) is 58.4 Å². The van der Waals surface area contributed by atoms with E-state index in [-0.39, 0.29) is 11.5 Å². The second-order valence-electron chi connectivity index (χ2n) is 10.7. The topological polar surface area (TPSA) is 32.7 Å². The highest BCUT2D eigenvalue weighted by Gasteiger charge is 2.60. The van der Waals surface area contributed by atoms with Crippen LogP contribution in [0.15, 0.2) is 30.3 Å². The Labute approximate surface area is 171 Å². The van der Waals surface area contributed by atoms with Gasteiger partial charge in [0.1, 0.15) is 0 Å². The van der Waals surface area contributed by atoms with Crippen LogP contribution in [0.3, 0.4) is 0 Å². The van der Waals surface area contributed by atoms with Crippen LogP contribution in [0.25, 0.3) is 0 Å². The van der Waals surface area contributed by atoms with Gasteiger partial charge in [0.05, 0.1) is 18.8 Å².